The lowest BCUT2D eigenvalue weighted by atomic mass is 9.99. The first kappa shape index (κ1) is 22.2. The Morgan fingerprint density at radius 2 is 1.65 bits per heavy atom. The molecule has 172 valence electrons. The van der Waals surface area contributed by atoms with Crippen molar-refractivity contribution in [3.05, 3.63) is 88.4 Å². The van der Waals surface area contributed by atoms with Crippen molar-refractivity contribution in [2.45, 2.75) is 32.2 Å². The molecule has 5 rings (SSSR count). The molecule has 0 aliphatic carbocycles. The first-order chi connectivity index (χ1) is 16.5. The van der Waals surface area contributed by atoms with Crippen molar-refractivity contribution >= 4 is 46.4 Å². The average Bonchev–Trinajstić information content (AvgIpc) is 3.28. The number of anilines is 3. The minimum Gasteiger partial charge on any atom is -0.322 e. The van der Waals surface area contributed by atoms with E-state index in [-0.39, 0.29) is 17.7 Å². The van der Waals surface area contributed by atoms with Crippen molar-refractivity contribution in [2.75, 3.05) is 21.7 Å². The number of aryl methyl sites for hydroxylation is 1. The number of nitrogens with one attached hydrogen (secondary N) is 1. The molecule has 34 heavy (non-hydrogen) atoms. The number of amides is 3. The Morgan fingerprint density at radius 1 is 0.882 bits per heavy atom. The van der Waals surface area contributed by atoms with Crippen LogP contribution in [0.25, 0.3) is 0 Å². The SMILES string of the molecule is O=C(Nc1ccc2c(c1)CCC(=O)N2Cc1ccc(Cl)cc1)c1ccc(N2CCCC2=O)cc1. The van der Waals surface area contributed by atoms with Gasteiger partial charge in [-0.05, 0) is 78.6 Å². The minimum atomic E-state index is -0.218. The van der Waals surface area contributed by atoms with Crippen molar-refractivity contribution < 1.29 is 14.4 Å². The van der Waals surface area contributed by atoms with Gasteiger partial charge in [-0.2, -0.15) is 0 Å². The second kappa shape index (κ2) is 9.31. The quantitative estimate of drug-likeness (QED) is 0.553. The first-order valence-electron chi connectivity index (χ1n) is 11.4. The van der Waals surface area contributed by atoms with Crippen molar-refractivity contribution in [2.24, 2.45) is 0 Å². The molecule has 0 spiro atoms. The number of nitrogens with zero attached hydrogens (tertiary/aromatic N) is 2. The van der Waals surface area contributed by atoms with Gasteiger partial charge in [-0.15, -0.1) is 0 Å². The summed E-state index contributed by atoms with van der Waals surface area (Å²) in [5.74, 6) is -0.0187. The third kappa shape index (κ3) is 4.54. The molecule has 3 aromatic rings. The molecule has 0 radical (unpaired) electrons. The van der Waals surface area contributed by atoms with E-state index in [1.54, 1.807) is 21.9 Å². The van der Waals surface area contributed by atoms with E-state index in [1.807, 2.05) is 54.6 Å². The number of benzene rings is 3. The van der Waals surface area contributed by atoms with Crippen LogP contribution < -0.4 is 15.1 Å². The van der Waals surface area contributed by atoms with E-state index in [2.05, 4.69) is 5.32 Å². The molecule has 2 aliphatic rings. The lowest BCUT2D eigenvalue weighted by molar-refractivity contribution is -0.119. The molecule has 0 atom stereocenters. The van der Waals surface area contributed by atoms with Crippen LogP contribution in [-0.2, 0) is 22.6 Å². The summed E-state index contributed by atoms with van der Waals surface area (Å²) < 4.78 is 0. The number of carbonyl (C=O) groups excluding carboxylic acids is 3. The van der Waals surface area contributed by atoms with Gasteiger partial charge in [0.05, 0.1) is 6.54 Å². The van der Waals surface area contributed by atoms with Gasteiger partial charge in [-0.3, -0.25) is 14.4 Å². The van der Waals surface area contributed by atoms with Crippen LogP contribution in [0.2, 0.25) is 5.02 Å². The normalized spacial score (nSPS) is 15.4. The summed E-state index contributed by atoms with van der Waals surface area (Å²) in [6, 6.07) is 20.2. The molecule has 2 heterocycles. The first-order valence-corrected chi connectivity index (χ1v) is 11.8. The zero-order chi connectivity index (χ0) is 23.7. The van der Waals surface area contributed by atoms with Gasteiger partial charge in [0.2, 0.25) is 11.8 Å². The topological polar surface area (TPSA) is 69.7 Å². The third-order valence-corrected chi connectivity index (χ3v) is 6.56. The van der Waals surface area contributed by atoms with E-state index in [0.717, 1.165) is 35.5 Å². The highest BCUT2D eigenvalue weighted by atomic mass is 35.5. The van der Waals surface area contributed by atoms with Crippen molar-refractivity contribution in [3.63, 3.8) is 0 Å². The lowest BCUT2D eigenvalue weighted by Crippen LogP contribution is -2.34. The molecule has 0 aromatic heterocycles. The van der Waals surface area contributed by atoms with Gasteiger partial charge >= 0.3 is 0 Å². The highest BCUT2D eigenvalue weighted by molar-refractivity contribution is 6.30. The fraction of sp³-hybridized carbons (Fsp3) is 0.222. The van der Waals surface area contributed by atoms with Gasteiger partial charge in [0.1, 0.15) is 0 Å². The molecule has 7 heteroatoms. The molecule has 0 unspecified atom stereocenters. The van der Waals surface area contributed by atoms with E-state index in [1.165, 1.54) is 0 Å². The number of fused-ring (bicyclic) bond motifs is 1. The number of carbonyl (C=O) groups is 3. The van der Waals surface area contributed by atoms with Crippen molar-refractivity contribution in [1.82, 2.24) is 0 Å². The largest absolute Gasteiger partial charge is 0.322 e. The molecular weight excluding hydrogens is 450 g/mol. The van der Waals surface area contributed by atoms with E-state index in [9.17, 15) is 14.4 Å². The number of rotatable bonds is 5. The molecule has 1 fully saturated rings. The fourth-order valence-corrected chi connectivity index (χ4v) is 4.63. The summed E-state index contributed by atoms with van der Waals surface area (Å²) in [7, 11) is 0. The van der Waals surface area contributed by atoms with Crippen LogP contribution in [0.4, 0.5) is 17.1 Å². The van der Waals surface area contributed by atoms with Crippen LogP contribution in [0.3, 0.4) is 0 Å². The summed E-state index contributed by atoms with van der Waals surface area (Å²) in [5.41, 5.74) is 4.91. The van der Waals surface area contributed by atoms with E-state index in [4.69, 9.17) is 11.6 Å². The van der Waals surface area contributed by atoms with Crippen molar-refractivity contribution in [3.8, 4) is 0 Å². The molecule has 3 aromatic carbocycles. The molecule has 1 N–H and O–H groups in total. The summed E-state index contributed by atoms with van der Waals surface area (Å²) in [6.07, 6.45) is 2.49. The number of hydrogen-bond acceptors (Lipinski definition) is 3. The fourth-order valence-electron chi connectivity index (χ4n) is 4.50. The Morgan fingerprint density at radius 3 is 2.35 bits per heavy atom. The van der Waals surface area contributed by atoms with Gasteiger partial charge < -0.3 is 15.1 Å². The van der Waals surface area contributed by atoms with E-state index >= 15 is 0 Å². The highest BCUT2D eigenvalue weighted by Crippen LogP contribution is 2.32. The molecular formula is C27H24ClN3O3. The Balaban J connectivity index is 1.30. The Kier molecular flexibility index (Phi) is 6.07. The summed E-state index contributed by atoms with van der Waals surface area (Å²) in [6.45, 7) is 1.19. The second-order valence-electron chi connectivity index (χ2n) is 8.60. The Bertz CT molecular complexity index is 1260. The molecule has 0 saturated carbocycles. The minimum absolute atomic E-state index is 0.0795. The molecule has 3 amide bonds. The van der Waals surface area contributed by atoms with Gasteiger partial charge in [-0.1, -0.05) is 23.7 Å². The van der Waals surface area contributed by atoms with Gasteiger partial charge in [-0.25, -0.2) is 0 Å². The smallest absolute Gasteiger partial charge is 0.255 e. The molecule has 0 bridgehead atoms. The van der Waals surface area contributed by atoms with E-state index in [0.29, 0.717) is 42.1 Å². The highest BCUT2D eigenvalue weighted by Gasteiger charge is 2.25. The summed E-state index contributed by atoms with van der Waals surface area (Å²) in [5, 5.41) is 3.61. The maximum atomic E-state index is 12.8. The standard InChI is InChI=1S/C27H24ClN3O3/c28-21-8-3-18(4-9-21)17-31-24-13-10-22(16-20(24)7-14-26(31)33)29-27(34)19-5-11-23(12-6-19)30-15-1-2-25(30)32/h3-6,8-13,16H,1-2,7,14-15,17H2,(H,29,34). The zero-order valence-corrected chi connectivity index (χ0v) is 19.3. The Labute approximate surface area is 203 Å². The molecule has 1 saturated heterocycles. The second-order valence-corrected chi connectivity index (χ2v) is 9.04. The maximum absolute atomic E-state index is 12.8. The van der Waals surface area contributed by atoms with Crippen LogP contribution in [0.15, 0.2) is 66.7 Å². The molecule has 6 nitrogen and oxygen atoms in total. The van der Waals surface area contributed by atoms with Crippen LogP contribution >= 0.6 is 11.6 Å². The summed E-state index contributed by atoms with van der Waals surface area (Å²) >= 11 is 5.98. The predicted octanol–water partition coefficient (Wildman–Crippen LogP) is 5.20. The lowest BCUT2D eigenvalue weighted by Gasteiger charge is -2.30. The van der Waals surface area contributed by atoms with Crippen molar-refractivity contribution in [1.29, 1.82) is 0 Å². The van der Waals surface area contributed by atoms with Gasteiger partial charge in [0, 0.05) is 47.0 Å². The van der Waals surface area contributed by atoms with E-state index < -0.39 is 0 Å². The maximum Gasteiger partial charge on any atom is 0.255 e. The van der Waals surface area contributed by atoms with Crippen LogP contribution in [0.1, 0.15) is 40.7 Å². The number of halogens is 1. The van der Waals surface area contributed by atoms with Crippen LogP contribution in [-0.4, -0.2) is 24.3 Å². The molecule has 2 aliphatic heterocycles. The monoisotopic (exact) mass is 473 g/mol. The Hall–Kier alpha value is -3.64. The number of hydrogen-bond donors (Lipinski definition) is 1. The van der Waals surface area contributed by atoms with Gasteiger partial charge in [0.25, 0.3) is 5.91 Å². The average molecular weight is 474 g/mol. The predicted molar refractivity (Wildman–Crippen MR) is 133 cm³/mol. The summed E-state index contributed by atoms with van der Waals surface area (Å²) in [4.78, 5) is 40.9. The van der Waals surface area contributed by atoms with Gasteiger partial charge in [0.15, 0.2) is 0 Å². The zero-order valence-electron chi connectivity index (χ0n) is 18.6. The third-order valence-electron chi connectivity index (χ3n) is 6.31. The van der Waals surface area contributed by atoms with Crippen LogP contribution in [0, 0.1) is 0 Å². The van der Waals surface area contributed by atoms with Crippen LogP contribution in [0.5, 0.6) is 0 Å².